The first-order valence-electron chi connectivity index (χ1n) is 6.45. The number of benzene rings is 2. The second-order valence-electron chi connectivity index (χ2n) is 4.64. The third kappa shape index (κ3) is 2.26. The zero-order valence-corrected chi connectivity index (χ0v) is 12.6. The zero-order chi connectivity index (χ0) is 15.1. The molecule has 4 rings (SSSR count). The highest BCUT2D eigenvalue weighted by molar-refractivity contribution is 7.19. The molecule has 0 bridgehead atoms. The van der Waals surface area contributed by atoms with Crippen molar-refractivity contribution in [3.8, 4) is 22.0 Å². The van der Waals surface area contributed by atoms with Crippen molar-refractivity contribution in [2.24, 2.45) is 0 Å². The Kier molecular flexibility index (Phi) is 3.13. The Hall–Kier alpha value is -2.31. The van der Waals surface area contributed by atoms with E-state index in [4.69, 9.17) is 11.6 Å². The Balaban J connectivity index is 1.84. The first kappa shape index (κ1) is 13.4. The Labute approximate surface area is 133 Å². The monoisotopic (exact) mass is 330 g/mol. The largest absolute Gasteiger partial charge is 0.235 e. The predicted octanol–water partition coefficient (Wildman–Crippen LogP) is 4.31. The normalized spacial score (nSPS) is 11.2. The van der Waals surface area contributed by atoms with Gasteiger partial charge in [-0.2, -0.15) is 9.61 Å². The summed E-state index contributed by atoms with van der Waals surface area (Å²) < 4.78 is 15.0. The van der Waals surface area contributed by atoms with Crippen molar-refractivity contribution in [3.63, 3.8) is 0 Å². The molecule has 0 fully saturated rings. The number of rotatable bonds is 2. The van der Waals surface area contributed by atoms with Crippen LogP contribution in [0.25, 0.3) is 26.9 Å². The van der Waals surface area contributed by atoms with E-state index < -0.39 is 0 Å². The van der Waals surface area contributed by atoms with E-state index in [1.165, 1.54) is 23.5 Å². The minimum Gasteiger partial charge on any atom is -0.207 e. The number of hydrogen-bond acceptors (Lipinski definition) is 4. The van der Waals surface area contributed by atoms with Gasteiger partial charge in [0.05, 0.1) is 0 Å². The summed E-state index contributed by atoms with van der Waals surface area (Å²) in [6.45, 7) is 0. The maximum atomic E-state index is 13.4. The topological polar surface area (TPSA) is 43.1 Å². The lowest BCUT2D eigenvalue weighted by Crippen LogP contribution is -1.91. The van der Waals surface area contributed by atoms with Crippen LogP contribution in [0.15, 0.2) is 48.5 Å². The van der Waals surface area contributed by atoms with Crippen LogP contribution in [0.5, 0.6) is 0 Å². The predicted molar refractivity (Wildman–Crippen MR) is 84.5 cm³/mol. The summed E-state index contributed by atoms with van der Waals surface area (Å²) in [5.41, 5.74) is 1.59. The van der Waals surface area contributed by atoms with Gasteiger partial charge in [-0.1, -0.05) is 47.2 Å². The Morgan fingerprint density at radius 3 is 2.59 bits per heavy atom. The van der Waals surface area contributed by atoms with Crippen molar-refractivity contribution in [1.82, 2.24) is 19.8 Å². The average molecular weight is 331 g/mol. The highest BCUT2D eigenvalue weighted by Crippen LogP contribution is 2.28. The van der Waals surface area contributed by atoms with Gasteiger partial charge in [0.1, 0.15) is 10.8 Å². The van der Waals surface area contributed by atoms with Gasteiger partial charge in [0.25, 0.3) is 0 Å². The smallest absolute Gasteiger partial charge is 0.207 e. The molecular formula is C15H8ClFN4S. The van der Waals surface area contributed by atoms with Crippen LogP contribution >= 0.6 is 22.9 Å². The van der Waals surface area contributed by atoms with Gasteiger partial charge in [0.2, 0.25) is 4.96 Å². The van der Waals surface area contributed by atoms with Gasteiger partial charge >= 0.3 is 0 Å². The minimum absolute atomic E-state index is 0.317. The van der Waals surface area contributed by atoms with Crippen molar-refractivity contribution in [2.45, 2.75) is 0 Å². The molecule has 0 radical (unpaired) electrons. The molecule has 2 heterocycles. The van der Waals surface area contributed by atoms with Crippen LogP contribution in [0.2, 0.25) is 5.02 Å². The van der Waals surface area contributed by atoms with Crippen LogP contribution < -0.4 is 0 Å². The van der Waals surface area contributed by atoms with Gasteiger partial charge in [0.15, 0.2) is 5.82 Å². The Morgan fingerprint density at radius 2 is 1.82 bits per heavy atom. The zero-order valence-electron chi connectivity index (χ0n) is 11.1. The Bertz CT molecular complexity index is 961. The number of nitrogens with zero attached hydrogens (tertiary/aromatic N) is 4. The number of fused-ring (bicyclic) bond motifs is 1. The molecule has 22 heavy (non-hydrogen) atoms. The molecule has 0 atom stereocenters. The van der Waals surface area contributed by atoms with E-state index >= 15 is 0 Å². The van der Waals surface area contributed by atoms with Crippen molar-refractivity contribution >= 4 is 27.9 Å². The van der Waals surface area contributed by atoms with E-state index in [2.05, 4.69) is 15.3 Å². The summed E-state index contributed by atoms with van der Waals surface area (Å²) >= 11 is 7.31. The molecule has 0 amide bonds. The molecule has 0 saturated carbocycles. The SMILES string of the molecule is Fc1cccc(-c2nnc3sc(-c4ccc(Cl)cc4)nn23)c1. The molecule has 0 N–H and O–H groups in total. The Morgan fingerprint density at radius 1 is 1.00 bits per heavy atom. The molecule has 0 spiro atoms. The van der Waals surface area contributed by atoms with Crippen LogP contribution in [0.1, 0.15) is 0 Å². The lowest BCUT2D eigenvalue weighted by atomic mass is 10.2. The van der Waals surface area contributed by atoms with E-state index in [1.54, 1.807) is 16.6 Å². The first-order chi connectivity index (χ1) is 10.7. The van der Waals surface area contributed by atoms with E-state index in [1.807, 2.05) is 24.3 Å². The maximum Gasteiger partial charge on any atom is 0.235 e. The number of hydrogen-bond donors (Lipinski definition) is 0. The summed E-state index contributed by atoms with van der Waals surface area (Å²) in [5.74, 6) is 0.202. The van der Waals surface area contributed by atoms with Crippen LogP contribution in [0.3, 0.4) is 0 Å². The minimum atomic E-state index is -0.317. The van der Waals surface area contributed by atoms with Gasteiger partial charge in [0, 0.05) is 16.1 Å². The summed E-state index contributed by atoms with van der Waals surface area (Å²) in [5, 5.41) is 14.2. The standard InChI is InChI=1S/C15H8ClFN4S/c16-11-6-4-9(5-7-11)14-20-21-13(18-19-15(21)22-14)10-2-1-3-12(17)8-10/h1-8H. The average Bonchev–Trinajstić information content (AvgIpc) is 3.08. The van der Waals surface area contributed by atoms with Crippen molar-refractivity contribution in [1.29, 1.82) is 0 Å². The molecule has 7 heteroatoms. The molecule has 108 valence electrons. The van der Waals surface area contributed by atoms with E-state index in [0.717, 1.165) is 10.6 Å². The molecule has 2 aromatic carbocycles. The van der Waals surface area contributed by atoms with E-state index in [9.17, 15) is 4.39 Å². The van der Waals surface area contributed by atoms with Crippen LogP contribution in [-0.4, -0.2) is 19.8 Å². The van der Waals surface area contributed by atoms with Gasteiger partial charge in [-0.25, -0.2) is 4.39 Å². The van der Waals surface area contributed by atoms with Crippen molar-refractivity contribution in [3.05, 3.63) is 59.4 Å². The maximum absolute atomic E-state index is 13.4. The third-order valence-corrected chi connectivity index (χ3v) is 4.36. The summed E-state index contributed by atoms with van der Waals surface area (Å²) in [6.07, 6.45) is 0. The number of aromatic nitrogens is 4. The highest BCUT2D eigenvalue weighted by atomic mass is 35.5. The fourth-order valence-corrected chi connectivity index (χ4v) is 3.10. The van der Waals surface area contributed by atoms with E-state index in [-0.39, 0.29) is 5.82 Å². The summed E-state index contributed by atoms with van der Waals surface area (Å²) in [7, 11) is 0. The quantitative estimate of drug-likeness (QED) is 0.550. The summed E-state index contributed by atoms with van der Waals surface area (Å²) in [6, 6.07) is 13.6. The number of halogens is 2. The molecule has 2 aromatic heterocycles. The molecule has 0 aliphatic rings. The first-order valence-corrected chi connectivity index (χ1v) is 7.64. The summed E-state index contributed by atoms with van der Waals surface area (Å²) in [4.78, 5) is 0.657. The van der Waals surface area contributed by atoms with Crippen LogP contribution in [-0.2, 0) is 0 Å². The van der Waals surface area contributed by atoms with Gasteiger partial charge in [-0.3, -0.25) is 0 Å². The third-order valence-electron chi connectivity index (χ3n) is 3.16. The molecule has 4 aromatic rings. The van der Waals surface area contributed by atoms with Gasteiger partial charge in [-0.05, 0) is 24.3 Å². The fourth-order valence-electron chi connectivity index (χ4n) is 2.13. The molecule has 0 aliphatic carbocycles. The molecule has 0 aliphatic heterocycles. The van der Waals surface area contributed by atoms with Crippen molar-refractivity contribution < 1.29 is 4.39 Å². The fraction of sp³-hybridized carbons (Fsp3) is 0. The van der Waals surface area contributed by atoms with Crippen molar-refractivity contribution in [2.75, 3.05) is 0 Å². The molecular weight excluding hydrogens is 323 g/mol. The lowest BCUT2D eigenvalue weighted by molar-refractivity contribution is 0.628. The second-order valence-corrected chi connectivity index (χ2v) is 6.03. The van der Waals surface area contributed by atoms with Gasteiger partial charge in [-0.15, -0.1) is 10.2 Å². The molecule has 4 nitrogen and oxygen atoms in total. The van der Waals surface area contributed by atoms with Crippen LogP contribution in [0, 0.1) is 5.82 Å². The van der Waals surface area contributed by atoms with Crippen LogP contribution in [0.4, 0.5) is 4.39 Å². The molecule has 0 unspecified atom stereocenters. The van der Waals surface area contributed by atoms with E-state index in [0.29, 0.717) is 21.4 Å². The second kappa shape index (κ2) is 5.15. The lowest BCUT2D eigenvalue weighted by Gasteiger charge is -1.97. The van der Waals surface area contributed by atoms with Gasteiger partial charge < -0.3 is 0 Å². The highest BCUT2D eigenvalue weighted by Gasteiger charge is 2.14. The molecule has 0 saturated heterocycles.